The normalized spacial score (nSPS) is 22.4. The van der Waals surface area contributed by atoms with Crippen LogP contribution in [0.2, 0.25) is 0 Å². The van der Waals surface area contributed by atoms with Crippen molar-refractivity contribution >= 4 is 23.8 Å². The molecule has 0 N–H and O–H groups in total. The number of fused-ring (bicyclic) bond motifs is 2. The molecule has 2 amide bonds. The molecule has 0 aliphatic carbocycles. The van der Waals surface area contributed by atoms with E-state index in [2.05, 4.69) is 0 Å². The van der Waals surface area contributed by atoms with Crippen LogP contribution in [0.1, 0.15) is 31.4 Å². The van der Waals surface area contributed by atoms with Crippen molar-refractivity contribution in [2.24, 2.45) is 10.8 Å². The summed E-state index contributed by atoms with van der Waals surface area (Å²) in [5, 5.41) is 0. The fraction of sp³-hybridized carbons (Fsp3) is 0.448. The zero-order valence-corrected chi connectivity index (χ0v) is 22.7. The lowest BCUT2D eigenvalue weighted by Crippen LogP contribution is -2.72. The van der Waals surface area contributed by atoms with E-state index in [1.165, 1.54) is 9.80 Å². The van der Waals surface area contributed by atoms with Gasteiger partial charge in [-0.1, -0.05) is 24.3 Å². The lowest BCUT2D eigenvalue weighted by atomic mass is 9.62. The van der Waals surface area contributed by atoms with E-state index >= 15 is 0 Å². The number of ether oxygens (including phenoxy) is 4. The van der Waals surface area contributed by atoms with E-state index in [0.29, 0.717) is 11.5 Å². The second-order valence-electron chi connectivity index (χ2n) is 9.80. The Balaban J connectivity index is 1.77. The summed E-state index contributed by atoms with van der Waals surface area (Å²) in [5.74, 6) is -1.18. The number of hydrogen-bond donors (Lipinski definition) is 0. The summed E-state index contributed by atoms with van der Waals surface area (Å²) in [5.41, 5.74) is -2.00. The van der Waals surface area contributed by atoms with Gasteiger partial charge in [0.05, 0.1) is 27.4 Å². The van der Waals surface area contributed by atoms with Gasteiger partial charge in [0.25, 0.3) is 0 Å². The molecule has 10 nitrogen and oxygen atoms in total. The van der Waals surface area contributed by atoms with Gasteiger partial charge in [-0.2, -0.15) is 0 Å². The minimum absolute atomic E-state index is 0.0468. The Labute approximate surface area is 227 Å². The van der Waals surface area contributed by atoms with E-state index in [-0.39, 0.29) is 45.8 Å². The predicted octanol–water partition coefficient (Wildman–Crippen LogP) is 2.58. The van der Waals surface area contributed by atoms with Crippen LogP contribution in [0.25, 0.3) is 0 Å². The number of likely N-dealkylation sites (tertiary alicyclic amines) is 2. The van der Waals surface area contributed by atoms with Gasteiger partial charge < -0.3 is 28.7 Å². The first-order chi connectivity index (χ1) is 18.7. The van der Waals surface area contributed by atoms with Crippen molar-refractivity contribution < 1.29 is 38.1 Å². The highest BCUT2D eigenvalue weighted by Gasteiger charge is 2.69. The number of amides is 2. The molecule has 10 heteroatoms. The Bertz CT molecular complexity index is 1130. The minimum atomic E-state index is -1.76. The van der Waals surface area contributed by atoms with Gasteiger partial charge in [-0.15, -0.1) is 0 Å². The summed E-state index contributed by atoms with van der Waals surface area (Å²) in [6.45, 7) is 3.16. The SMILES string of the molecule is CCOC(=O)[C@@]12CN(Cc3ccc(OC)cc3)C(=O)[C@@](C(=O)OCC)(CN(Cc3ccc(OC)cc3)C1=O)C2. The molecule has 2 saturated heterocycles. The van der Waals surface area contributed by atoms with Crippen LogP contribution in [0.3, 0.4) is 0 Å². The fourth-order valence-electron chi connectivity index (χ4n) is 5.46. The van der Waals surface area contributed by atoms with Gasteiger partial charge in [0.15, 0.2) is 10.8 Å². The average molecular weight is 539 g/mol. The first kappa shape index (κ1) is 27.9. The Morgan fingerprint density at radius 3 is 1.36 bits per heavy atom. The van der Waals surface area contributed by atoms with Crippen molar-refractivity contribution in [2.75, 3.05) is 40.5 Å². The van der Waals surface area contributed by atoms with Crippen molar-refractivity contribution in [3.63, 3.8) is 0 Å². The van der Waals surface area contributed by atoms with Crippen molar-refractivity contribution in [1.29, 1.82) is 0 Å². The summed E-state index contributed by atoms with van der Waals surface area (Å²) in [7, 11) is 3.11. The Morgan fingerprint density at radius 2 is 1.05 bits per heavy atom. The molecule has 208 valence electrons. The molecule has 2 aliphatic rings. The molecule has 2 aromatic carbocycles. The van der Waals surface area contributed by atoms with Gasteiger partial charge in [-0.3, -0.25) is 19.2 Å². The number of esters is 2. The molecule has 0 saturated carbocycles. The predicted molar refractivity (Wildman–Crippen MR) is 140 cm³/mol. The number of carbonyl (C=O) groups is 4. The summed E-state index contributed by atoms with van der Waals surface area (Å²) in [4.78, 5) is 58.1. The highest BCUT2D eigenvalue weighted by molar-refractivity contribution is 6.12. The molecule has 4 rings (SSSR count). The number of nitrogens with zero attached hydrogens (tertiary/aromatic N) is 2. The topological polar surface area (TPSA) is 112 Å². The maximum atomic E-state index is 14.1. The standard InChI is InChI=1S/C29H34N2O8/c1-5-38-26(34)28-17-29(27(35)39-6-2,19-31(24(28)32)16-21-9-13-23(37-4)14-10-21)25(33)30(18-28)15-20-7-11-22(36-3)12-8-20/h7-14H,5-6,15-19H2,1-4H3/t28-,29-/m0/s1. The molecule has 2 bridgehead atoms. The van der Waals surface area contributed by atoms with E-state index in [1.807, 2.05) is 0 Å². The quantitative estimate of drug-likeness (QED) is 0.335. The number of benzene rings is 2. The van der Waals surface area contributed by atoms with Crippen LogP contribution in [-0.2, 0) is 41.7 Å². The van der Waals surface area contributed by atoms with Crippen LogP contribution < -0.4 is 9.47 Å². The first-order valence-electron chi connectivity index (χ1n) is 12.9. The van der Waals surface area contributed by atoms with E-state index in [9.17, 15) is 19.2 Å². The van der Waals surface area contributed by atoms with Crippen molar-refractivity contribution in [1.82, 2.24) is 9.80 Å². The van der Waals surface area contributed by atoms with Crippen LogP contribution in [-0.4, -0.2) is 74.1 Å². The van der Waals surface area contributed by atoms with Crippen LogP contribution in [0.5, 0.6) is 11.5 Å². The van der Waals surface area contributed by atoms with Gasteiger partial charge >= 0.3 is 11.9 Å². The number of hydrogen-bond acceptors (Lipinski definition) is 8. The third-order valence-corrected chi connectivity index (χ3v) is 7.32. The Morgan fingerprint density at radius 1 is 0.692 bits per heavy atom. The fourth-order valence-corrected chi connectivity index (χ4v) is 5.46. The Hall–Kier alpha value is -4.08. The smallest absolute Gasteiger partial charge is 0.323 e. The largest absolute Gasteiger partial charge is 0.497 e. The minimum Gasteiger partial charge on any atom is -0.497 e. The van der Waals surface area contributed by atoms with Crippen LogP contribution in [0, 0.1) is 10.8 Å². The highest BCUT2D eigenvalue weighted by Crippen LogP contribution is 2.49. The zero-order chi connectivity index (χ0) is 28.2. The van der Waals surface area contributed by atoms with Crippen LogP contribution in [0.15, 0.2) is 48.5 Å². The van der Waals surface area contributed by atoms with Gasteiger partial charge in [-0.05, 0) is 49.2 Å². The third-order valence-electron chi connectivity index (χ3n) is 7.32. The summed E-state index contributed by atoms with van der Waals surface area (Å²) < 4.78 is 21.2. The lowest BCUT2D eigenvalue weighted by molar-refractivity contribution is -0.197. The molecule has 2 aromatic rings. The molecule has 0 aromatic heterocycles. The van der Waals surface area contributed by atoms with Crippen molar-refractivity contribution in [2.45, 2.75) is 33.4 Å². The average Bonchev–Trinajstić information content (AvgIpc) is 2.95. The zero-order valence-electron chi connectivity index (χ0n) is 22.7. The van der Waals surface area contributed by atoms with Gasteiger partial charge in [0.2, 0.25) is 11.8 Å². The number of rotatable bonds is 10. The van der Waals surface area contributed by atoms with E-state index in [1.54, 1.807) is 76.6 Å². The molecule has 0 spiro atoms. The molecule has 0 unspecified atom stereocenters. The van der Waals surface area contributed by atoms with Gasteiger partial charge in [0, 0.05) is 32.6 Å². The highest BCUT2D eigenvalue weighted by atomic mass is 16.5. The van der Waals surface area contributed by atoms with Crippen LogP contribution in [0.4, 0.5) is 0 Å². The van der Waals surface area contributed by atoms with E-state index < -0.39 is 34.6 Å². The Kier molecular flexibility index (Phi) is 8.13. The molecule has 0 radical (unpaired) electrons. The summed E-state index contributed by atoms with van der Waals surface area (Å²) >= 11 is 0. The second-order valence-corrected chi connectivity index (χ2v) is 9.80. The molecular weight excluding hydrogens is 504 g/mol. The van der Waals surface area contributed by atoms with Gasteiger partial charge in [-0.25, -0.2) is 0 Å². The number of carbonyl (C=O) groups excluding carboxylic acids is 4. The third kappa shape index (κ3) is 5.15. The molecule has 2 aliphatic heterocycles. The van der Waals surface area contributed by atoms with E-state index in [0.717, 1.165) is 11.1 Å². The number of methoxy groups -OCH3 is 2. The summed E-state index contributed by atoms with van der Waals surface area (Å²) in [6, 6.07) is 14.2. The molecular formula is C29H34N2O8. The summed E-state index contributed by atoms with van der Waals surface area (Å²) in [6.07, 6.45) is -0.298. The monoisotopic (exact) mass is 538 g/mol. The molecule has 2 atom stereocenters. The first-order valence-corrected chi connectivity index (χ1v) is 12.9. The second kappa shape index (κ2) is 11.3. The van der Waals surface area contributed by atoms with Gasteiger partial charge in [0.1, 0.15) is 11.5 Å². The maximum absolute atomic E-state index is 14.1. The maximum Gasteiger partial charge on any atom is 0.323 e. The molecule has 2 fully saturated rings. The van der Waals surface area contributed by atoms with Crippen LogP contribution >= 0.6 is 0 Å². The molecule has 39 heavy (non-hydrogen) atoms. The van der Waals surface area contributed by atoms with E-state index in [4.69, 9.17) is 18.9 Å². The van der Waals surface area contributed by atoms with Crippen molar-refractivity contribution in [3.8, 4) is 11.5 Å². The molecule has 2 heterocycles. The lowest BCUT2D eigenvalue weighted by Gasteiger charge is -2.54. The number of piperidine rings is 2. The van der Waals surface area contributed by atoms with Crippen molar-refractivity contribution in [3.05, 3.63) is 59.7 Å².